The van der Waals surface area contributed by atoms with Crippen LogP contribution in [-0.4, -0.2) is 5.78 Å². The summed E-state index contributed by atoms with van der Waals surface area (Å²) in [5.41, 5.74) is 0.777. The molecule has 3 heteroatoms. The highest BCUT2D eigenvalue weighted by Gasteiger charge is 2.29. The topological polar surface area (TPSA) is 30.2 Å². The van der Waals surface area contributed by atoms with Crippen molar-refractivity contribution in [1.29, 1.82) is 0 Å². The first-order valence-electron chi connectivity index (χ1n) is 7.41. The SMILES string of the molecule is CCC1CCCC(C(=O)c2cc3cccc(Br)c3o2)C1. The number of Topliss-reactive ketones (excluding diaryl/α,β-unsaturated/α-hetero) is 1. The van der Waals surface area contributed by atoms with Crippen molar-refractivity contribution in [2.45, 2.75) is 39.0 Å². The van der Waals surface area contributed by atoms with E-state index in [0.717, 1.165) is 28.3 Å². The third kappa shape index (κ3) is 2.56. The fourth-order valence-electron chi connectivity index (χ4n) is 3.25. The lowest BCUT2D eigenvalue weighted by Crippen LogP contribution is -2.22. The molecule has 1 aromatic carbocycles. The van der Waals surface area contributed by atoms with Crippen molar-refractivity contribution in [1.82, 2.24) is 0 Å². The van der Waals surface area contributed by atoms with E-state index >= 15 is 0 Å². The molecule has 0 bridgehead atoms. The molecule has 2 atom stereocenters. The van der Waals surface area contributed by atoms with Crippen molar-refractivity contribution in [2.24, 2.45) is 11.8 Å². The molecule has 1 aromatic heterocycles. The van der Waals surface area contributed by atoms with Crippen LogP contribution in [0.4, 0.5) is 0 Å². The summed E-state index contributed by atoms with van der Waals surface area (Å²) < 4.78 is 6.69. The number of hydrogen-bond acceptors (Lipinski definition) is 2. The van der Waals surface area contributed by atoms with Gasteiger partial charge in [0, 0.05) is 11.3 Å². The second-order valence-electron chi connectivity index (χ2n) is 5.77. The van der Waals surface area contributed by atoms with Crippen LogP contribution in [0.2, 0.25) is 0 Å². The van der Waals surface area contributed by atoms with Gasteiger partial charge in [-0.25, -0.2) is 0 Å². The predicted molar refractivity (Wildman–Crippen MR) is 84.0 cm³/mol. The van der Waals surface area contributed by atoms with Gasteiger partial charge < -0.3 is 4.42 Å². The van der Waals surface area contributed by atoms with E-state index in [1.54, 1.807) is 0 Å². The van der Waals surface area contributed by atoms with E-state index in [0.29, 0.717) is 11.7 Å². The Morgan fingerprint density at radius 1 is 1.40 bits per heavy atom. The number of hydrogen-bond donors (Lipinski definition) is 0. The number of rotatable bonds is 3. The first kappa shape index (κ1) is 13.9. The number of halogens is 1. The summed E-state index contributed by atoms with van der Waals surface area (Å²) >= 11 is 3.47. The number of benzene rings is 1. The van der Waals surface area contributed by atoms with E-state index in [1.807, 2.05) is 24.3 Å². The van der Waals surface area contributed by atoms with Crippen LogP contribution in [0.1, 0.15) is 49.6 Å². The molecule has 20 heavy (non-hydrogen) atoms. The Morgan fingerprint density at radius 3 is 3.00 bits per heavy atom. The van der Waals surface area contributed by atoms with Crippen molar-refractivity contribution >= 4 is 32.7 Å². The molecule has 1 fully saturated rings. The van der Waals surface area contributed by atoms with Gasteiger partial charge in [0.25, 0.3) is 0 Å². The van der Waals surface area contributed by atoms with Gasteiger partial charge in [0.15, 0.2) is 5.76 Å². The third-order valence-corrected chi connectivity index (χ3v) is 5.09. The van der Waals surface area contributed by atoms with Gasteiger partial charge in [-0.15, -0.1) is 0 Å². The lowest BCUT2D eigenvalue weighted by atomic mass is 9.78. The van der Waals surface area contributed by atoms with E-state index < -0.39 is 0 Å². The predicted octanol–water partition coefficient (Wildman–Crippen LogP) is 5.59. The van der Waals surface area contributed by atoms with Crippen molar-refractivity contribution < 1.29 is 9.21 Å². The Bertz CT molecular complexity index is 629. The van der Waals surface area contributed by atoms with Gasteiger partial charge in [-0.1, -0.05) is 38.3 Å². The molecular weight excluding hydrogens is 316 g/mol. The highest BCUT2D eigenvalue weighted by molar-refractivity contribution is 9.10. The van der Waals surface area contributed by atoms with E-state index in [9.17, 15) is 4.79 Å². The zero-order valence-corrected chi connectivity index (χ0v) is 13.3. The quantitative estimate of drug-likeness (QED) is 0.684. The van der Waals surface area contributed by atoms with E-state index in [4.69, 9.17) is 4.42 Å². The fraction of sp³-hybridized carbons (Fsp3) is 0.471. The zero-order valence-electron chi connectivity index (χ0n) is 11.7. The Labute approximate surface area is 127 Å². The van der Waals surface area contributed by atoms with Crippen LogP contribution in [0.3, 0.4) is 0 Å². The number of carbonyl (C=O) groups excluding carboxylic acids is 1. The molecule has 2 nitrogen and oxygen atoms in total. The second kappa shape index (κ2) is 5.72. The summed E-state index contributed by atoms with van der Waals surface area (Å²) in [6, 6.07) is 7.77. The zero-order chi connectivity index (χ0) is 14.1. The van der Waals surface area contributed by atoms with Crippen LogP contribution >= 0.6 is 15.9 Å². The van der Waals surface area contributed by atoms with Crippen LogP contribution < -0.4 is 0 Å². The average Bonchev–Trinajstić information content (AvgIpc) is 2.92. The minimum Gasteiger partial charge on any atom is -0.452 e. The normalized spacial score (nSPS) is 23.1. The van der Waals surface area contributed by atoms with Crippen molar-refractivity contribution in [2.75, 3.05) is 0 Å². The first-order chi connectivity index (χ1) is 9.69. The number of furan rings is 1. The molecule has 1 aliphatic rings. The molecule has 0 radical (unpaired) electrons. The summed E-state index contributed by atoms with van der Waals surface area (Å²) in [5, 5.41) is 0.991. The van der Waals surface area contributed by atoms with Gasteiger partial charge >= 0.3 is 0 Å². The lowest BCUT2D eigenvalue weighted by molar-refractivity contribution is 0.0835. The van der Waals surface area contributed by atoms with Crippen molar-refractivity contribution in [3.8, 4) is 0 Å². The summed E-state index contributed by atoms with van der Waals surface area (Å²) in [4.78, 5) is 12.6. The maximum atomic E-state index is 12.6. The Kier molecular flexibility index (Phi) is 3.97. The van der Waals surface area contributed by atoms with Gasteiger partial charge in [0.1, 0.15) is 5.58 Å². The van der Waals surface area contributed by atoms with Crippen molar-refractivity contribution in [3.05, 3.63) is 34.5 Å². The smallest absolute Gasteiger partial charge is 0.201 e. The minimum absolute atomic E-state index is 0.146. The second-order valence-corrected chi connectivity index (χ2v) is 6.63. The average molecular weight is 335 g/mol. The molecule has 2 unspecified atom stereocenters. The number of fused-ring (bicyclic) bond motifs is 1. The summed E-state index contributed by atoms with van der Waals surface area (Å²) in [6.45, 7) is 2.22. The Balaban J connectivity index is 1.86. The summed E-state index contributed by atoms with van der Waals surface area (Å²) in [7, 11) is 0. The highest BCUT2D eigenvalue weighted by atomic mass is 79.9. The third-order valence-electron chi connectivity index (χ3n) is 4.47. The van der Waals surface area contributed by atoms with E-state index in [1.165, 1.54) is 19.3 Å². The summed E-state index contributed by atoms with van der Waals surface area (Å²) in [6.07, 6.45) is 5.64. The molecule has 1 aliphatic carbocycles. The molecule has 0 N–H and O–H groups in total. The maximum absolute atomic E-state index is 12.6. The monoisotopic (exact) mass is 334 g/mol. The summed E-state index contributed by atoms with van der Waals surface area (Å²) in [5.74, 6) is 1.56. The van der Waals surface area contributed by atoms with Gasteiger partial charge in [-0.05, 0) is 46.8 Å². The van der Waals surface area contributed by atoms with Gasteiger partial charge in [0.2, 0.25) is 5.78 Å². The first-order valence-corrected chi connectivity index (χ1v) is 8.20. The molecule has 0 aliphatic heterocycles. The number of ketones is 1. The maximum Gasteiger partial charge on any atom is 0.201 e. The van der Waals surface area contributed by atoms with E-state index in [2.05, 4.69) is 22.9 Å². The van der Waals surface area contributed by atoms with E-state index in [-0.39, 0.29) is 11.7 Å². The fourth-order valence-corrected chi connectivity index (χ4v) is 3.71. The van der Waals surface area contributed by atoms with Gasteiger partial charge in [-0.3, -0.25) is 4.79 Å². The molecule has 3 rings (SSSR count). The van der Waals surface area contributed by atoms with Crippen LogP contribution in [0.5, 0.6) is 0 Å². The van der Waals surface area contributed by atoms with Crippen LogP contribution in [0, 0.1) is 11.8 Å². The van der Waals surface area contributed by atoms with Gasteiger partial charge in [-0.2, -0.15) is 0 Å². The molecular formula is C17H19BrO2. The van der Waals surface area contributed by atoms with Gasteiger partial charge in [0.05, 0.1) is 4.47 Å². The van der Waals surface area contributed by atoms with Crippen molar-refractivity contribution in [3.63, 3.8) is 0 Å². The van der Waals surface area contributed by atoms with Crippen LogP contribution in [0.15, 0.2) is 33.2 Å². The number of carbonyl (C=O) groups is 1. The molecule has 1 heterocycles. The lowest BCUT2D eigenvalue weighted by Gasteiger charge is -2.26. The van der Waals surface area contributed by atoms with Crippen LogP contribution in [0.25, 0.3) is 11.0 Å². The molecule has 0 saturated heterocycles. The standard InChI is InChI=1S/C17H19BrO2/c1-2-11-5-3-6-12(9-11)16(19)15-10-13-7-4-8-14(18)17(13)20-15/h4,7-8,10-12H,2-3,5-6,9H2,1H3. The molecule has 0 spiro atoms. The molecule has 106 valence electrons. The molecule has 1 saturated carbocycles. The highest BCUT2D eigenvalue weighted by Crippen LogP contribution is 2.35. The molecule has 2 aromatic rings. The number of para-hydroxylation sites is 1. The Hall–Kier alpha value is -1.09. The Morgan fingerprint density at radius 2 is 2.25 bits per heavy atom. The molecule has 0 amide bonds. The van der Waals surface area contributed by atoms with Crippen LogP contribution in [-0.2, 0) is 0 Å². The largest absolute Gasteiger partial charge is 0.452 e. The minimum atomic E-state index is 0.146.